The summed E-state index contributed by atoms with van der Waals surface area (Å²) in [6.07, 6.45) is 1.25. The molecule has 4 N–H and O–H groups in total. The van der Waals surface area contributed by atoms with E-state index in [0.717, 1.165) is 0 Å². The van der Waals surface area contributed by atoms with Gasteiger partial charge in [-0.2, -0.15) is 0 Å². The fourth-order valence-electron chi connectivity index (χ4n) is 1.14. The molecule has 92 valence electrons. The van der Waals surface area contributed by atoms with Gasteiger partial charge in [0.2, 0.25) is 0 Å². The van der Waals surface area contributed by atoms with Gasteiger partial charge >= 0.3 is 0 Å². The molecule has 0 unspecified atom stereocenters. The minimum absolute atomic E-state index is 0.208. The number of hydrazine groups is 1. The van der Waals surface area contributed by atoms with Gasteiger partial charge < -0.3 is 14.7 Å². The monoisotopic (exact) mass is 239 g/mol. The van der Waals surface area contributed by atoms with Crippen LogP contribution in [0.3, 0.4) is 0 Å². The second-order valence-corrected chi connectivity index (χ2v) is 3.01. The highest BCUT2D eigenvalue weighted by Gasteiger charge is 2.07. The summed E-state index contributed by atoms with van der Waals surface area (Å²) >= 11 is 0. The zero-order valence-electron chi connectivity index (χ0n) is 9.21. The minimum Gasteiger partial charge on any atom is -0.493 e. The summed E-state index contributed by atoms with van der Waals surface area (Å²) in [6, 6.07) is 4.85. The Morgan fingerprint density at radius 1 is 1.59 bits per heavy atom. The molecule has 0 aromatic heterocycles. The summed E-state index contributed by atoms with van der Waals surface area (Å²) in [5, 5.41) is 11.3. The first kappa shape index (κ1) is 12.8. The number of methoxy groups -OCH3 is 1. The maximum Gasteiger partial charge on any atom is 0.271 e. The van der Waals surface area contributed by atoms with Gasteiger partial charge in [0.25, 0.3) is 5.91 Å². The number of nitrogens with one attached hydrogen (secondary N) is 1. The van der Waals surface area contributed by atoms with Crippen molar-refractivity contribution in [2.75, 3.05) is 13.7 Å². The summed E-state index contributed by atoms with van der Waals surface area (Å²) in [5.74, 6) is 5.28. The molecule has 0 spiro atoms. The van der Waals surface area contributed by atoms with Crippen LogP contribution in [0.4, 0.5) is 0 Å². The number of nitrogens with zero attached hydrogens (tertiary/aromatic N) is 1. The summed E-state index contributed by atoms with van der Waals surface area (Å²) in [7, 11) is 1.46. The number of oxime groups is 1. The van der Waals surface area contributed by atoms with Gasteiger partial charge in [0, 0.05) is 5.56 Å². The second kappa shape index (κ2) is 6.33. The SMILES string of the molecule is COc1cc(C=NO)ccc1OCC(=O)NN. The highest BCUT2D eigenvalue weighted by atomic mass is 16.5. The Balaban J connectivity index is 2.81. The fraction of sp³-hybridized carbons (Fsp3) is 0.200. The van der Waals surface area contributed by atoms with Crippen LogP contribution in [-0.4, -0.2) is 31.0 Å². The van der Waals surface area contributed by atoms with Crippen LogP contribution in [0.5, 0.6) is 11.5 Å². The lowest BCUT2D eigenvalue weighted by atomic mass is 10.2. The number of benzene rings is 1. The molecule has 1 aromatic carbocycles. The van der Waals surface area contributed by atoms with E-state index in [4.69, 9.17) is 20.5 Å². The summed E-state index contributed by atoms with van der Waals surface area (Å²) in [5.41, 5.74) is 2.58. The third-order valence-electron chi connectivity index (χ3n) is 1.91. The molecule has 0 aliphatic carbocycles. The van der Waals surface area contributed by atoms with E-state index < -0.39 is 5.91 Å². The Hall–Kier alpha value is -2.28. The molecule has 0 bridgehead atoms. The normalized spacial score (nSPS) is 10.2. The van der Waals surface area contributed by atoms with E-state index in [9.17, 15) is 4.79 Å². The van der Waals surface area contributed by atoms with Crippen molar-refractivity contribution >= 4 is 12.1 Å². The number of nitrogens with two attached hydrogens (primary N) is 1. The molecule has 7 heteroatoms. The van der Waals surface area contributed by atoms with Crippen LogP contribution >= 0.6 is 0 Å². The maximum atomic E-state index is 10.9. The first-order valence-corrected chi connectivity index (χ1v) is 4.69. The van der Waals surface area contributed by atoms with E-state index >= 15 is 0 Å². The molecule has 0 heterocycles. The van der Waals surface area contributed by atoms with Crippen molar-refractivity contribution < 1.29 is 19.5 Å². The topological polar surface area (TPSA) is 106 Å². The number of hydrogen-bond acceptors (Lipinski definition) is 6. The van der Waals surface area contributed by atoms with E-state index in [0.29, 0.717) is 17.1 Å². The van der Waals surface area contributed by atoms with E-state index in [-0.39, 0.29) is 6.61 Å². The predicted octanol–water partition coefficient (Wildman–Crippen LogP) is -0.128. The standard InChI is InChI=1S/C10H13N3O4/c1-16-9-4-7(5-12-15)2-3-8(9)17-6-10(14)13-11/h2-5,15H,6,11H2,1H3,(H,13,14). The number of ether oxygens (including phenoxy) is 2. The highest BCUT2D eigenvalue weighted by Crippen LogP contribution is 2.27. The maximum absolute atomic E-state index is 10.9. The van der Waals surface area contributed by atoms with Crippen molar-refractivity contribution in [2.45, 2.75) is 0 Å². The molecule has 0 atom stereocenters. The third kappa shape index (κ3) is 3.65. The van der Waals surface area contributed by atoms with Gasteiger partial charge in [-0.15, -0.1) is 0 Å². The van der Waals surface area contributed by atoms with E-state index in [1.807, 2.05) is 5.43 Å². The molecule has 1 amide bonds. The van der Waals surface area contributed by atoms with Crippen LogP contribution in [-0.2, 0) is 4.79 Å². The second-order valence-electron chi connectivity index (χ2n) is 3.01. The van der Waals surface area contributed by atoms with Gasteiger partial charge in [-0.1, -0.05) is 5.16 Å². The quantitative estimate of drug-likeness (QED) is 0.218. The Kier molecular flexibility index (Phi) is 4.77. The van der Waals surface area contributed by atoms with E-state index in [1.54, 1.807) is 18.2 Å². The van der Waals surface area contributed by atoms with Gasteiger partial charge in [-0.05, 0) is 18.2 Å². The smallest absolute Gasteiger partial charge is 0.271 e. The molecular weight excluding hydrogens is 226 g/mol. The Bertz CT molecular complexity index is 420. The third-order valence-corrected chi connectivity index (χ3v) is 1.91. The van der Waals surface area contributed by atoms with Crippen molar-refractivity contribution in [1.29, 1.82) is 0 Å². The van der Waals surface area contributed by atoms with E-state index in [2.05, 4.69) is 5.16 Å². The molecule has 0 saturated carbocycles. The Morgan fingerprint density at radius 2 is 2.35 bits per heavy atom. The van der Waals surface area contributed by atoms with Crippen LogP contribution in [0, 0.1) is 0 Å². The van der Waals surface area contributed by atoms with Gasteiger partial charge in [-0.3, -0.25) is 10.2 Å². The van der Waals surface area contributed by atoms with E-state index in [1.165, 1.54) is 13.3 Å². The van der Waals surface area contributed by atoms with Gasteiger partial charge in [0.1, 0.15) is 0 Å². The van der Waals surface area contributed by atoms with Gasteiger partial charge in [0.05, 0.1) is 13.3 Å². The van der Waals surface area contributed by atoms with Crippen LogP contribution < -0.4 is 20.7 Å². The molecule has 1 aromatic rings. The number of hydrogen-bond donors (Lipinski definition) is 3. The zero-order chi connectivity index (χ0) is 12.7. The molecule has 7 nitrogen and oxygen atoms in total. The number of carbonyl (C=O) groups excluding carboxylic acids is 1. The van der Waals surface area contributed by atoms with Crippen molar-refractivity contribution in [2.24, 2.45) is 11.0 Å². The average Bonchev–Trinajstić information content (AvgIpc) is 2.36. The van der Waals surface area contributed by atoms with Crippen LogP contribution in [0.15, 0.2) is 23.4 Å². The summed E-state index contributed by atoms with van der Waals surface area (Å²) in [6.45, 7) is -0.208. The minimum atomic E-state index is -0.451. The van der Waals surface area contributed by atoms with Gasteiger partial charge in [0.15, 0.2) is 18.1 Å². The lowest BCUT2D eigenvalue weighted by Crippen LogP contribution is -2.34. The zero-order valence-corrected chi connectivity index (χ0v) is 9.21. The predicted molar refractivity (Wildman–Crippen MR) is 60.2 cm³/mol. The first-order chi connectivity index (χ1) is 8.21. The lowest BCUT2D eigenvalue weighted by molar-refractivity contribution is -0.123. The Morgan fingerprint density at radius 3 is 2.94 bits per heavy atom. The number of rotatable bonds is 5. The van der Waals surface area contributed by atoms with Crippen LogP contribution in [0.1, 0.15) is 5.56 Å². The molecule has 0 saturated heterocycles. The van der Waals surface area contributed by atoms with Crippen molar-refractivity contribution in [3.05, 3.63) is 23.8 Å². The summed E-state index contributed by atoms with van der Waals surface area (Å²) in [4.78, 5) is 10.9. The van der Waals surface area contributed by atoms with Crippen LogP contribution in [0.25, 0.3) is 0 Å². The molecule has 0 aliphatic heterocycles. The highest BCUT2D eigenvalue weighted by molar-refractivity contribution is 5.80. The molecular formula is C10H13N3O4. The molecule has 0 fully saturated rings. The van der Waals surface area contributed by atoms with Crippen LogP contribution in [0.2, 0.25) is 0 Å². The van der Waals surface area contributed by atoms with Crippen molar-refractivity contribution in [1.82, 2.24) is 5.43 Å². The summed E-state index contributed by atoms with van der Waals surface area (Å²) < 4.78 is 10.3. The fourth-order valence-corrected chi connectivity index (χ4v) is 1.14. The number of carbonyl (C=O) groups is 1. The first-order valence-electron chi connectivity index (χ1n) is 4.69. The average molecular weight is 239 g/mol. The molecule has 1 rings (SSSR count). The van der Waals surface area contributed by atoms with Gasteiger partial charge in [-0.25, -0.2) is 5.84 Å². The largest absolute Gasteiger partial charge is 0.493 e. The van der Waals surface area contributed by atoms with Crippen molar-refractivity contribution in [3.8, 4) is 11.5 Å². The molecule has 0 radical (unpaired) electrons. The van der Waals surface area contributed by atoms with Crippen molar-refractivity contribution in [3.63, 3.8) is 0 Å². The molecule has 0 aliphatic rings. The number of amides is 1. The molecule has 17 heavy (non-hydrogen) atoms. The Labute approximate surface area is 97.8 Å². The lowest BCUT2D eigenvalue weighted by Gasteiger charge is -2.10.